The maximum Gasteiger partial charge on any atom is 0.416 e. The van der Waals surface area contributed by atoms with E-state index in [2.05, 4.69) is 0 Å². The average Bonchev–Trinajstić information content (AvgIpc) is 2.40. The number of benzene rings is 2. The molecule has 0 aliphatic carbocycles. The zero-order valence-electron chi connectivity index (χ0n) is 9.98. The minimum Gasteiger partial charge on any atom is -0.508 e. The Kier molecular flexibility index (Phi) is 3.91. The molecule has 0 aliphatic rings. The average molecular weight is 295 g/mol. The third-order valence-corrected chi connectivity index (χ3v) is 3.58. The maximum atomic E-state index is 12.6. The normalized spacial score (nSPS) is 11.1. The smallest absolute Gasteiger partial charge is 0.416 e. The molecule has 2 aromatic rings. The van der Waals surface area contributed by atoms with Crippen molar-refractivity contribution in [3.05, 3.63) is 53.6 Å². The maximum absolute atomic E-state index is 12.6. The standard InChI is InChI=1S/C14H8F3NOS/c15-14(16,17)10-1-6-13(9(7-10)8-18)20-12-4-2-11(19)3-5-12/h1-7,19H. The molecule has 20 heavy (non-hydrogen) atoms. The highest BCUT2D eigenvalue weighted by atomic mass is 32.2. The summed E-state index contributed by atoms with van der Waals surface area (Å²) in [7, 11) is 0. The van der Waals surface area contributed by atoms with E-state index in [0.717, 1.165) is 17.0 Å². The van der Waals surface area contributed by atoms with Gasteiger partial charge in [0, 0.05) is 9.79 Å². The minimum atomic E-state index is -4.46. The predicted octanol–water partition coefficient (Wildman–Crippen LogP) is 4.43. The van der Waals surface area contributed by atoms with E-state index in [1.54, 1.807) is 18.2 Å². The van der Waals surface area contributed by atoms with E-state index in [4.69, 9.17) is 10.4 Å². The molecule has 0 aliphatic heterocycles. The third-order valence-electron chi connectivity index (χ3n) is 2.49. The highest BCUT2D eigenvalue weighted by molar-refractivity contribution is 7.99. The molecule has 0 unspecified atom stereocenters. The van der Waals surface area contributed by atoms with E-state index >= 15 is 0 Å². The first-order valence-electron chi connectivity index (χ1n) is 5.48. The number of phenolic OH excluding ortho intramolecular Hbond substituents is 1. The molecule has 102 valence electrons. The highest BCUT2D eigenvalue weighted by Crippen LogP contribution is 2.35. The number of alkyl halides is 3. The van der Waals surface area contributed by atoms with E-state index < -0.39 is 11.7 Å². The van der Waals surface area contributed by atoms with Gasteiger partial charge >= 0.3 is 6.18 Å². The molecular weight excluding hydrogens is 287 g/mol. The first-order chi connectivity index (χ1) is 9.40. The molecule has 0 saturated carbocycles. The summed E-state index contributed by atoms with van der Waals surface area (Å²) >= 11 is 1.17. The van der Waals surface area contributed by atoms with E-state index in [0.29, 0.717) is 4.90 Å². The van der Waals surface area contributed by atoms with Crippen LogP contribution in [0.4, 0.5) is 13.2 Å². The van der Waals surface area contributed by atoms with Gasteiger partial charge in [0.15, 0.2) is 0 Å². The number of nitrogens with zero attached hydrogens (tertiary/aromatic N) is 1. The fraction of sp³-hybridized carbons (Fsp3) is 0.0714. The Hall–Kier alpha value is -2.13. The lowest BCUT2D eigenvalue weighted by Crippen LogP contribution is -2.05. The van der Waals surface area contributed by atoms with Crippen molar-refractivity contribution in [1.29, 1.82) is 5.26 Å². The Morgan fingerprint density at radius 2 is 1.70 bits per heavy atom. The summed E-state index contributed by atoms with van der Waals surface area (Å²) in [6, 6.07) is 11.0. The van der Waals surface area contributed by atoms with Gasteiger partial charge in [0.05, 0.1) is 11.1 Å². The molecule has 0 heterocycles. The second-order valence-electron chi connectivity index (χ2n) is 3.92. The number of aromatic hydroxyl groups is 1. The van der Waals surface area contributed by atoms with Crippen LogP contribution in [0.3, 0.4) is 0 Å². The van der Waals surface area contributed by atoms with Crippen LogP contribution in [0.25, 0.3) is 0 Å². The summed E-state index contributed by atoms with van der Waals surface area (Å²) in [6.45, 7) is 0. The second-order valence-corrected chi connectivity index (χ2v) is 5.03. The van der Waals surface area contributed by atoms with Crippen molar-refractivity contribution in [3.8, 4) is 11.8 Å². The van der Waals surface area contributed by atoms with Crippen molar-refractivity contribution < 1.29 is 18.3 Å². The lowest BCUT2D eigenvalue weighted by atomic mass is 10.1. The van der Waals surface area contributed by atoms with E-state index in [-0.39, 0.29) is 11.3 Å². The fourth-order valence-corrected chi connectivity index (χ4v) is 2.40. The Labute approximate surface area is 117 Å². The summed E-state index contributed by atoms with van der Waals surface area (Å²) in [6.07, 6.45) is -4.46. The molecule has 6 heteroatoms. The molecule has 1 N–H and O–H groups in total. The molecule has 0 amide bonds. The fourth-order valence-electron chi connectivity index (χ4n) is 1.52. The molecule has 2 nitrogen and oxygen atoms in total. The van der Waals surface area contributed by atoms with Crippen LogP contribution in [0.15, 0.2) is 52.3 Å². The monoisotopic (exact) mass is 295 g/mol. The van der Waals surface area contributed by atoms with Gasteiger partial charge in [-0.3, -0.25) is 0 Å². The Balaban J connectivity index is 2.33. The number of hydrogen-bond acceptors (Lipinski definition) is 3. The van der Waals surface area contributed by atoms with Gasteiger partial charge in [-0.05, 0) is 42.5 Å². The molecule has 0 radical (unpaired) electrons. The molecule has 0 bridgehead atoms. The van der Waals surface area contributed by atoms with Crippen LogP contribution < -0.4 is 0 Å². The number of rotatable bonds is 2. The van der Waals surface area contributed by atoms with Crippen LogP contribution in [0, 0.1) is 11.3 Å². The zero-order valence-corrected chi connectivity index (χ0v) is 10.8. The zero-order chi connectivity index (χ0) is 14.8. The van der Waals surface area contributed by atoms with Gasteiger partial charge in [-0.2, -0.15) is 18.4 Å². The lowest BCUT2D eigenvalue weighted by molar-refractivity contribution is -0.137. The lowest BCUT2D eigenvalue weighted by Gasteiger charge is -2.09. The first kappa shape index (κ1) is 14.3. The quantitative estimate of drug-likeness (QED) is 0.891. The number of hydrogen-bond donors (Lipinski definition) is 1. The molecule has 2 rings (SSSR count). The largest absolute Gasteiger partial charge is 0.508 e. The van der Waals surface area contributed by atoms with Crippen molar-refractivity contribution in [2.75, 3.05) is 0 Å². The van der Waals surface area contributed by atoms with Gasteiger partial charge < -0.3 is 5.11 Å². The van der Waals surface area contributed by atoms with Crippen LogP contribution in [-0.2, 0) is 6.18 Å². The molecule has 0 saturated heterocycles. The Morgan fingerprint density at radius 1 is 1.05 bits per heavy atom. The number of phenols is 1. The van der Waals surface area contributed by atoms with Gasteiger partial charge in [-0.15, -0.1) is 0 Å². The van der Waals surface area contributed by atoms with E-state index in [9.17, 15) is 13.2 Å². The summed E-state index contributed by atoms with van der Waals surface area (Å²) in [5, 5.41) is 18.1. The molecule has 0 spiro atoms. The summed E-state index contributed by atoms with van der Waals surface area (Å²) in [5.74, 6) is 0.0993. The Morgan fingerprint density at radius 3 is 2.25 bits per heavy atom. The van der Waals surface area contributed by atoms with Crippen LogP contribution in [0.5, 0.6) is 5.75 Å². The molecule has 0 fully saturated rings. The minimum absolute atomic E-state index is 0.0297. The third kappa shape index (κ3) is 3.25. The molecule has 2 aromatic carbocycles. The van der Waals surface area contributed by atoms with Gasteiger partial charge in [-0.1, -0.05) is 11.8 Å². The van der Waals surface area contributed by atoms with Gasteiger partial charge in [0.2, 0.25) is 0 Å². The summed E-state index contributed by atoms with van der Waals surface area (Å²) in [4.78, 5) is 1.16. The van der Waals surface area contributed by atoms with Gasteiger partial charge in [0.25, 0.3) is 0 Å². The van der Waals surface area contributed by atoms with Crippen LogP contribution in [0.1, 0.15) is 11.1 Å². The SMILES string of the molecule is N#Cc1cc(C(F)(F)F)ccc1Sc1ccc(O)cc1. The van der Waals surface area contributed by atoms with Crippen LogP contribution in [0.2, 0.25) is 0 Å². The molecular formula is C14H8F3NOS. The van der Waals surface area contributed by atoms with E-state index in [1.807, 2.05) is 0 Å². The van der Waals surface area contributed by atoms with Crippen molar-refractivity contribution in [1.82, 2.24) is 0 Å². The molecule has 0 atom stereocenters. The van der Waals surface area contributed by atoms with Gasteiger partial charge in [0.1, 0.15) is 11.8 Å². The number of nitriles is 1. The van der Waals surface area contributed by atoms with Crippen molar-refractivity contribution in [2.24, 2.45) is 0 Å². The first-order valence-corrected chi connectivity index (χ1v) is 6.30. The topological polar surface area (TPSA) is 44.0 Å². The van der Waals surface area contributed by atoms with Crippen molar-refractivity contribution in [2.45, 2.75) is 16.0 Å². The van der Waals surface area contributed by atoms with Gasteiger partial charge in [-0.25, -0.2) is 0 Å². The van der Waals surface area contributed by atoms with Crippen molar-refractivity contribution >= 4 is 11.8 Å². The van der Waals surface area contributed by atoms with Crippen LogP contribution in [-0.4, -0.2) is 5.11 Å². The number of halogens is 3. The predicted molar refractivity (Wildman–Crippen MR) is 68.4 cm³/mol. The summed E-state index contributed by atoms with van der Waals surface area (Å²) in [5.41, 5.74) is -0.873. The van der Waals surface area contributed by atoms with Crippen molar-refractivity contribution in [3.63, 3.8) is 0 Å². The molecule has 0 aromatic heterocycles. The van der Waals surface area contributed by atoms with Crippen LogP contribution >= 0.6 is 11.8 Å². The highest BCUT2D eigenvalue weighted by Gasteiger charge is 2.31. The Bertz CT molecular complexity index is 660. The van der Waals surface area contributed by atoms with E-state index in [1.165, 1.54) is 30.0 Å². The summed E-state index contributed by atoms with van der Waals surface area (Å²) < 4.78 is 37.7. The second kappa shape index (κ2) is 5.47.